The molecule has 1 saturated heterocycles. The van der Waals surface area contributed by atoms with Gasteiger partial charge < -0.3 is 15.6 Å². The number of sulfonamides is 1. The predicted octanol–water partition coefficient (Wildman–Crippen LogP) is 2.17. The molecule has 32 heavy (non-hydrogen) atoms. The number of halogens is 1. The molecule has 10 heteroatoms. The number of carbonyl (C=O) groups is 1. The monoisotopic (exact) mass is 457 g/mol. The summed E-state index contributed by atoms with van der Waals surface area (Å²) in [4.78, 5) is 15.5. The second-order valence-electron chi connectivity index (χ2n) is 7.94. The van der Waals surface area contributed by atoms with Gasteiger partial charge in [0, 0.05) is 50.0 Å². The van der Waals surface area contributed by atoms with Crippen LogP contribution in [-0.2, 0) is 17.1 Å². The standard InChI is InChI=1S/C22H24FN5O3S/c1-27-13-21(26-14-27)32(30,31)28-11-17(20(12-28)15-5-7-18(23)8-6-15)10-25-19-4-2-3-16(9-19)22(24)29/h2-9,13-14,17,20,25H,10-12H2,1H3,(H2,24,29). The normalized spacial score (nSPS) is 19.2. The molecule has 0 aliphatic carbocycles. The molecule has 3 N–H and O–H groups in total. The third-order valence-electron chi connectivity index (χ3n) is 5.71. The van der Waals surface area contributed by atoms with E-state index in [1.165, 1.54) is 29.0 Å². The van der Waals surface area contributed by atoms with Gasteiger partial charge in [-0.3, -0.25) is 4.79 Å². The minimum absolute atomic E-state index is 0.000578. The van der Waals surface area contributed by atoms with E-state index in [-0.39, 0.29) is 35.8 Å². The summed E-state index contributed by atoms with van der Waals surface area (Å²) in [5, 5.41) is 3.29. The zero-order valence-electron chi connectivity index (χ0n) is 17.5. The molecule has 1 aliphatic heterocycles. The Hall–Kier alpha value is -3.24. The molecule has 0 saturated carbocycles. The topological polar surface area (TPSA) is 110 Å². The lowest BCUT2D eigenvalue weighted by Gasteiger charge is -2.20. The van der Waals surface area contributed by atoms with Crippen LogP contribution in [0.15, 0.2) is 66.1 Å². The second kappa shape index (κ2) is 8.71. The van der Waals surface area contributed by atoms with Crippen molar-refractivity contribution in [3.05, 3.63) is 78.0 Å². The van der Waals surface area contributed by atoms with E-state index in [1.54, 1.807) is 41.9 Å². The van der Waals surface area contributed by atoms with Crippen LogP contribution in [0, 0.1) is 11.7 Å². The quantitative estimate of drug-likeness (QED) is 0.565. The van der Waals surface area contributed by atoms with Crippen molar-refractivity contribution < 1.29 is 17.6 Å². The average molecular weight is 458 g/mol. The van der Waals surface area contributed by atoms with E-state index < -0.39 is 15.9 Å². The number of carbonyl (C=O) groups excluding carboxylic acids is 1. The van der Waals surface area contributed by atoms with Gasteiger partial charge in [0.25, 0.3) is 10.0 Å². The number of aryl methyl sites for hydroxylation is 1. The summed E-state index contributed by atoms with van der Waals surface area (Å²) in [5.41, 5.74) is 7.32. The Labute approximate surface area is 185 Å². The van der Waals surface area contributed by atoms with Crippen LogP contribution in [0.5, 0.6) is 0 Å². The van der Waals surface area contributed by atoms with Crippen LogP contribution in [0.3, 0.4) is 0 Å². The van der Waals surface area contributed by atoms with Crippen molar-refractivity contribution >= 4 is 21.6 Å². The molecule has 0 bridgehead atoms. The smallest absolute Gasteiger partial charge is 0.262 e. The largest absolute Gasteiger partial charge is 0.385 e. The summed E-state index contributed by atoms with van der Waals surface area (Å²) in [6.45, 7) is 1.00. The van der Waals surface area contributed by atoms with Crippen molar-refractivity contribution in [1.82, 2.24) is 13.9 Å². The molecule has 1 aromatic heterocycles. The summed E-state index contributed by atoms with van der Waals surface area (Å²) in [6, 6.07) is 13.0. The highest BCUT2D eigenvalue weighted by Gasteiger charge is 2.40. The lowest BCUT2D eigenvalue weighted by molar-refractivity contribution is 0.100. The first-order valence-corrected chi connectivity index (χ1v) is 11.6. The van der Waals surface area contributed by atoms with Gasteiger partial charge in [-0.25, -0.2) is 17.8 Å². The fourth-order valence-corrected chi connectivity index (χ4v) is 5.50. The summed E-state index contributed by atoms with van der Waals surface area (Å²) in [6.07, 6.45) is 2.92. The maximum atomic E-state index is 13.5. The Morgan fingerprint density at radius 1 is 1.22 bits per heavy atom. The molecular formula is C22H24FN5O3S. The number of hydrogen-bond donors (Lipinski definition) is 2. The average Bonchev–Trinajstić information content (AvgIpc) is 3.40. The summed E-state index contributed by atoms with van der Waals surface area (Å²) in [7, 11) is -2.05. The molecule has 4 rings (SSSR count). The van der Waals surface area contributed by atoms with E-state index in [4.69, 9.17) is 5.73 Å². The molecule has 2 heterocycles. The first-order valence-electron chi connectivity index (χ1n) is 10.1. The van der Waals surface area contributed by atoms with Crippen molar-refractivity contribution in [2.45, 2.75) is 10.9 Å². The number of nitrogens with two attached hydrogens (primary N) is 1. The summed E-state index contributed by atoms with van der Waals surface area (Å²) >= 11 is 0. The fraction of sp³-hybridized carbons (Fsp3) is 0.273. The number of nitrogens with one attached hydrogen (secondary N) is 1. The van der Waals surface area contributed by atoms with E-state index in [1.807, 2.05) is 6.07 Å². The molecule has 8 nitrogen and oxygen atoms in total. The van der Waals surface area contributed by atoms with Gasteiger partial charge in [0.15, 0.2) is 5.03 Å². The summed E-state index contributed by atoms with van der Waals surface area (Å²) < 4.78 is 42.8. The maximum absolute atomic E-state index is 13.5. The maximum Gasteiger partial charge on any atom is 0.262 e. The highest BCUT2D eigenvalue weighted by molar-refractivity contribution is 7.89. The number of rotatable bonds is 7. The van der Waals surface area contributed by atoms with E-state index in [0.29, 0.717) is 17.8 Å². The van der Waals surface area contributed by atoms with E-state index in [0.717, 1.165) is 5.56 Å². The van der Waals surface area contributed by atoms with Crippen LogP contribution in [0.25, 0.3) is 0 Å². The van der Waals surface area contributed by atoms with Gasteiger partial charge in [-0.05, 0) is 41.8 Å². The Balaban J connectivity index is 1.58. The van der Waals surface area contributed by atoms with Gasteiger partial charge in [-0.1, -0.05) is 18.2 Å². The number of amides is 1. The molecule has 2 aromatic carbocycles. The minimum atomic E-state index is -3.76. The second-order valence-corrected chi connectivity index (χ2v) is 9.83. The number of anilines is 1. The van der Waals surface area contributed by atoms with Crippen molar-refractivity contribution in [3.63, 3.8) is 0 Å². The minimum Gasteiger partial charge on any atom is -0.385 e. The number of aromatic nitrogens is 2. The highest BCUT2D eigenvalue weighted by atomic mass is 32.2. The van der Waals surface area contributed by atoms with E-state index >= 15 is 0 Å². The first-order chi connectivity index (χ1) is 15.2. The fourth-order valence-electron chi connectivity index (χ4n) is 4.01. The number of nitrogens with zero attached hydrogens (tertiary/aromatic N) is 3. The van der Waals surface area contributed by atoms with Crippen LogP contribution in [0.2, 0.25) is 0 Å². The van der Waals surface area contributed by atoms with Crippen molar-refractivity contribution in [2.24, 2.45) is 18.7 Å². The predicted molar refractivity (Wildman–Crippen MR) is 118 cm³/mol. The van der Waals surface area contributed by atoms with E-state index in [9.17, 15) is 17.6 Å². The molecule has 1 fully saturated rings. The van der Waals surface area contributed by atoms with Crippen molar-refractivity contribution in [3.8, 4) is 0 Å². The van der Waals surface area contributed by atoms with Crippen molar-refractivity contribution in [1.29, 1.82) is 0 Å². The zero-order chi connectivity index (χ0) is 22.9. The molecule has 2 unspecified atom stereocenters. The molecule has 168 valence electrons. The van der Waals surface area contributed by atoms with Gasteiger partial charge >= 0.3 is 0 Å². The third-order valence-corrected chi connectivity index (χ3v) is 7.42. The van der Waals surface area contributed by atoms with Crippen LogP contribution >= 0.6 is 0 Å². The SMILES string of the molecule is Cn1cnc(S(=O)(=O)N2CC(CNc3cccc(C(N)=O)c3)C(c3ccc(F)cc3)C2)c1. The van der Waals surface area contributed by atoms with E-state index in [2.05, 4.69) is 10.3 Å². The van der Waals surface area contributed by atoms with Gasteiger partial charge in [0.2, 0.25) is 5.91 Å². The number of benzene rings is 2. The molecule has 2 atom stereocenters. The molecule has 3 aromatic rings. The van der Waals surface area contributed by atoms with Crippen LogP contribution < -0.4 is 11.1 Å². The van der Waals surface area contributed by atoms with Gasteiger partial charge in [0.05, 0.1) is 6.33 Å². The molecule has 0 radical (unpaired) electrons. The lowest BCUT2D eigenvalue weighted by atomic mass is 9.89. The molecule has 0 spiro atoms. The van der Waals surface area contributed by atoms with Crippen molar-refractivity contribution in [2.75, 3.05) is 25.0 Å². The number of imidazole rings is 1. The van der Waals surface area contributed by atoms with Gasteiger partial charge in [-0.2, -0.15) is 4.31 Å². The third kappa shape index (κ3) is 4.51. The highest BCUT2D eigenvalue weighted by Crippen LogP contribution is 2.36. The molecule has 1 aliphatic rings. The van der Waals surface area contributed by atoms with Crippen LogP contribution in [0.1, 0.15) is 21.8 Å². The first kappa shape index (κ1) is 22.0. The zero-order valence-corrected chi connectivity index (χ0v) is 18.3. The Morgan fingerprint density at radius 3 is 2.62 bits per heavy atom. The van der Waals surface area contributed by atoms with Gasteiger partial charge in [-0.15, -0.1) is 0 Å². The Kier molecular flexibility index (Phi) is 5.98. The lowest BCUT2D eigenvalue weighted by Crippen LogP contribution is -2.30. The van der Waals surface area contributed by atoms with Crippen LogP contribution in [-0.4, -0.2) is 47.8 Å². The van der Waals surface area contributed by atoms with Crippen LogP contribution in [0.4, 0.5) is 10.1 Å². The molecule has 1 amide bonds. The number of hydrogen-bond acceptors (Lipinski definition) is 5. The Bertz CT molecular complexity index is 1230. The summed E-state index contributed by atoms with van der Waals surface area (Å²) in [5.74, 6) is -1.09. The Morgan fingerprint density at radius 2 is 1.97 bits per heavy atom. The van der Waals surface area contributed by atoms with Gasteiger partial charge in [0.1, 0.15) is 5.82 Å². The molecular weight excluding hydrogens is 433 g/mol. The number of primary amides is 1.